The van der Waals surface area contributed by atoms with Gasteiger partial charge in [-0.15, -0.1) is 0 Å². The molecule has 0 bridgehead atoms. The van der Waals surface area contributed by atoms with E-state index in [2.05, 4.69) is 13.8 Å². The minimum absolute atomic E-state index is 0.341. The number of rotatable bonds is 4. The van der Waals surface area contributed by atoms with E-state index in [0.29, 0.717) is 17.6 Å². The molecule has 1 aliphatic rings. The van der Waals surface area contributed by atoms with Crippen LogP contribution in [0.1, 0.15) is 48.5 Å². The predicted molar refractivity (Wildman–Crippen MR) is 59.6 cm³/mol. The van der Waals surface area contributed by atoms with Crippen molar-refractivity contribution in [2.45, 2.75) is 38.7 Å². The van der Waals surface area contributed by atoms with Gasteiger partial charge < -0.3 is 4.74 Å². The van der Waals surface area contributed by atoms with Gasteiger partial charge in [-0.05, 0) is 36.5 Å². The van der Waals surface area contributed by atoms with Crippen molar-refractivity contribution in [3.63, 3.8) is 0 Å². The third-order valence-corrected chi connectivity index (χ3v) is 2.65. The third kappa shape index (κ3) is 2.38. The summed E-state index contributed by atoms with van der Waals surface area (Å²) in [6.07, 6.45) is 3.45. The molecule has 80 valence electrons. The van der Waals surface area contributed by atoms with E-state index in [0.717, 1.165) is 24.9 Å². The standard InChI is InChI=1S/C13H16O2/c1-9(2)10-3-6-13(11(7-10)8-14)15-12-4-5-12/h3,6-9,12H,4-5H2,1-2H3. The second-order valence-electron chi connectivity index (χ2n) is 4.39. The number of hydrogen-bond acceptors (Lipinski definition) is 2. The average molecular weight is 204 g/mol. The lowest BCUT2D eigenvalue weighted by molar-refractivity contribution is 0.111. The third-order valence-electron chi connectivity index (χ3n) is 2.65. The summed E-state index contributed by atoms with van der Waals surface area (Å²) in [4.78, 5) is 10.9. The van der Waals surface area contributed by atoms with Crippen LogP contribution < -0.4 is 4.74 Å². The Morgan fingerprint density at radius 2 is 2.13 bits per heavy atom. The molecular formula is C13H16O2. The van der Waals surface area contributed by atoms with E-state index in [9.17, 15) is 4.79 Å². The molecule has 0 heterocycles. The van der Waals surface area contributed by atoms with E-state index in [1.807, 2.05) is 18.2 Å². The zero-order chi connectivity index (χ0) is 10.8. The SMILES string of the molecule is CC(C)c1ccc(OC2CC2)c(C=O)c1. The van der Waals surface area contributed by atoms with Crippen LogP contribution in [0.3, 0.4) is 0 Å². The van der Waals surface area contributed by atoms with Crippen molar-refractivity contribution < 1.29 is 9.53 Å². The number of benzene rings is 1. The van der Waals surface area contributed by atoms with Gasteiger partial charge in [-0.3, -0.25) is 4.79 Å². The van der Waals surface area contributed by atoms with Crippen LogP contribution in [0, 0.1) is 0 Å². The molecule has 1 fully saturated rings. The minimum Gasteiger partial charge on any atom is -0.490 e. The van der Waals surface area contributed by atoms with Crippen molar-refractivity contribution in [2.75, 3.05) is 0 Å². The molecule has 2 heteroatoms. The first kappa shape index (κ1) is 10.2. The van der Waals surface area contributed by atoms with Crippen LogP contribution in [0.2, 0.25) is 0 Å². The molecule has 0 aromatic heterocycles. The zero-order valence-corrected chi connectivity index (χ0v) is 9.19. The molecule has 0 spiro atoms. The fourth-order valence-electron chi connectivity index (χ4n) is 1.49. The molecule has 0 saturated heterocycles. The maximum atomic E-state index is 10.9. The molecule has 0 atom stereocenters. The van der Waals surface area contributed by atoms with Gasteiger partial charge in [-0.25, -0.2) is 0 Å². The molecular weight excluding hydrogens is 188 g/mol. The van der Waals surface area contributed by atoms with E-state index < -0.39 is 0 Å². The molecule has 1 aromatic rings. The quantitative estimate of drug-likeness (QED) is 0.704. The molecule has 0 aliphatic heterocycles. The maximum absolute atomic E-state index is 10.9. The Kier molecular flexibility index (Phi) is 2.76. The summed E-state index contributed by atoms with van der Waals surface area (Å²) in [5.41, 5.74) is 1.85. The Hall–Kier alpha value is -1.31. The summed E-state index contributed by atoms with van der Waals surface area (Å²) >= 11 is 0. The zero-order valence-electron chi connectivity index (χ0n) is 9.19. The van der Waals surface area contributed by atoms with Crippen LogP contribution in [0.5, 0.6) is 5.75 Å². The fourth-order valence-corrected chi connectivity index (χ4v) is 1.49. The molecule has 1 aromatic carbocycles. The molecule has 2 rings (SSSR count). The van der Waals surface area contributed by atoms with Crippen molar-refractivity contribution in [1.82, 2.24) is 0 Å². The van der Waals surface area contributed by atoms with Gasteiger partial charge in [0.15, 0.2) is 6.29 Å². The summed E-state index contributed by atoms with van der Waals surface area (Å²) in [6, 6.07) is 5.88. The van der Waals surface area contributed by atoms with Crippen molar-refractivity contribution in [3.05, 3.63) is 29.3 Å². The number of aldehydes is 1. The lowest BCUT2D eigenvalue weighted by Gasteiger charge is -2.10. The van der Waals surface area contributed by atoms with Gasteiger partial charge in [-0.1, -0.05) is 19.9 Å². The van der Waals surface area contributed by atoms with Gasteiger partial charge in [0.1, 0.15) is 5.75 Å². The highest BCUT2D eigenvalue weighted by Crippen LogP contribution is 2.30. The summed E-state index contributed by atoms with van der Waals surface area (Å²) in [6.45, 7) is 4.23. The highest BCUT2D eigenvalue weighted by atomic mass is 16.5. The Bertz CT molecular complexity index is 365. The van der Waals surface area contributed by atoms with Gasteiger partial charge >= 0.3 is 0 Å². The monoisotopic (exact) mass is 204 g/mol. The van der Waals surface area contributed by atoms with Crippen molar-refractivity contribution >= 4 is 6.29 Å². The summed E-state index contributed by atoms with van der Waals surface area (Å²) < 4.78 is 5.65. The summed E-state index contributed by atoms with van der Waals surface area (Å²) in [5, 5.41) is 0. The number of carbonyl (C=O) groups excluding carboxylic acids is 1. The summed E-state index contributed by atoms with van der Waals surface area (Å²) in [5.74, 6) is 1.18. The lowest BCUT2D eigenvalue weighted by atomic mass is 10.0. The van der Waals surface area contributed by atoms with Crippen molar-refractivity contribution in [2.24, 2.45) is 0 Å². The van der Waals surface area contributed by atoms with Crippen LogP contribution in [0.15, 0.2) is 18.2 Å². The number of hydrogen-bond donors (Lipinski definition) is 0. The molecule has 15 heavy (non-hydrogen) atoms. The molecule has 2 nitrogen and oxygen atoms in total. The van der Waals surface area contributed by atoms with Gasteiger partial charge in [-0.2, -0.15) is 0 Å². The largest absolute Gasteiger partial charge is 0.490 e. The van der Waals surface area contributed by atoms with Crippen LogP contribution >= 0.6 is 0 Å². The highest BCUT2D eigenvalue weighted by Gasteiger charge is 2.24. The highest BCUT2D eigenvalue weighted by molar-refractivity contribution is 5.79. The van der Waals surface area contributed by atoms with E-state index in [1.54, 1.807) is 0 Å². The first-order valence-electron chi connectivity index (χ1n) is 5.46. The smallest absolute Gasteiger partial charge is 0.153 e. The first-order chi connectivity index (χ1) is 7.20. The van der Waals surface area contributed by atoms with Crippen LogP contribution in [-0.4, -0.2) is 12.4 Å². The Morgan fingerprint density at radius 3 is 2.67 bits per heavy atom. The molecule has 0 unspecified atom stereocenters. The van der Waals surface area contributed by atoms with E-state index in [-0.39, 0.29) is 0 Å². The van der Waals surface area contributed by atoms with Crippen molar-refractivity contribution in [1.29, 1.82) is 0 Å². The van der Waals surface area contributed by atoms with Crippen LogP contribution in [0.4, 0.5) is 0 Å². The van der Waals surface area contributed by atoms with E-state index >= 15 is 0 Å². The normalized spacial score (nSPS) is 15.4. The lowest BCUT2D eigenvalue weighted by Crippen LogP contribution is -2.00. The average Bonchev–Trinajstić information content (AvgIpc) is 3.02. The molecule has 1 saturated carbocycles. The second kappa shape index (κ2) is 4.05. The van der Waals surface area contributed by atoms with E-state index in [4.69, 9.17) is 4.74 Å². The Labute approximate surface area is 90.3 Å². The summed E-state index contributed by atoms with van der Waals surface area (Å²) in [7, 11) is 0. The maximum Gasteiger partial charge on any atom is 0.153 e. The molecule has 1 aliphatic carbocycles. The number of ether oxygens (including phenoxy) is 1. The minimum atomic E-state index is 0.341. The predicted octanol–water partition coefficient (Wildman–Crippen LogP) is 3.16. The topological polar surface area (TPSA) is 26.3 Å². The Balaban J connectivity index is 2.25. The molecule has 0 radical (unpaired) electrons. The molecule has 0 amide bonds. The Morgan fingerprint density at radius 1 is 1.40 bits per heavy atom. The number of carbonyl (C=O) groups is 1. The van der Waals surface area contributed by atoms with E-state index in [1.165, 1.54) is 5.56 Å². The van der Waals surface area contributed by atoms with Gasteiger partial charge in [0.05, 0.1) is 11.7 Å². The van der Waals surface area contributed by atoms with Crippen molar-refractivity contribution in [3.8, 4) is 5.75 Å². The van der Waals surface area contributed by atoms with Gasteiger partial charge in [0, 0.05) is 0 Å². The first-order valence-corrected chi connectivity index (χ1v) is 5.46. The van der Waals surface area contributed by atoms with Crippen LogP contribution in [-0.2, 0) is 0 Å². The van der Waals surface area contributed by atoms with Gasteiger partial charge in [0.25, 0.3) is 0 Å². The van der Waals surface area contributed by atoms with Gasteiger partial charge in [0.2, 0.25) is 0 Å². The molecule has 0 N–H and O–H groups in total. The second-order valence-corrected chi connectivity index (χ2v) is 4.39. The van der Waals surface area contributed by atoms with Crippen LogP contribution in [0.25, 0.3) is 0 Å². The fraction of sp³-hybridized carbons (Fsp3) is 0.462.